The van der Waals surface area contributed by atoms with Crippen molar-refractivity contribution in [3.63, 3.8) is 0 Å². The van der Waals surface area contributed by atoms with Crippen molar-refractivity contribution < 1.29 is 8.78 Å². The summed E-state index contributed by atoms with van der Waals surface area (Å²) in [4.78, 5) is 8.84. The summed E-state index contributed by atoms with van der Waals surface area (Å²) in [5, 5.41) is 0.0450. The first-order valence-corrected chi connectivity index (χ1v) is 8.32. The maximum Gasteiger partial charge on any atom is 0.299 e. The second-order valence-corrected chi connectivity index (χ2v) is 7.20. The van der Waals surface area contributed by atoms with Crippen molar-refractivity contribution in [1.29, 1.82) is 0 Å². The highest BCUT2D eigenvalue weighted by Gasteiger charge is 2.54. The summed E-state index contributed by atoms with van der Waals surface area (Å²) in [6, 6.07) is 10.6. The Bertz CT molecular complexity index is 1030. The van der Waals surface area contributed by atoms with E-state index in [4.69, 9.17) is 11.6 Å². The predicted molar refractivity (Wildman–Crippen MR) is 95.8 cm³/mol. The summed E-state index contributed by atoms with van der Waals surface area (Å²) in [6.45, 7) is 4.80. The van der Waals surface area contributed by atoms with E-state index in [9.17, 15) is 0 Å². The van der Waals surface area contributed by atoms with Crippen LogP contribution in [-0.4, -0.2) is 20.9 Å². The summed E-state index contributed by atoms with van der Waals surface area (Å²) in [5.74, 6) is -2.74. The molecule has 0 aliphatic carbocycles. The summed E-state index contributed by atoms with van der Waals surface area (Å²) >= 11 is 6.16. The maximum absolute atomic E-state index is 15.0. The van der Waals surface area contributed by atoms with Crippen molar-refractivity contribution in [2.24, 2.45) is 4.99 Å². The number of benzene rings is 2. The number of fused-ring (bicyclic) bond motifs is 2. The number of imidazole rings is 1. The Morgan fingerprint density at radius 3 is 2.56 bits per heavy atom. The van der Waals surface area contributed by atoms with Gasteiger partial charge in [0, 0.05) is 5.56 Å². The van der Waals surface area contributed by atoms with Crippen LogP contribution in [0.5, 0.6) is 0 Å². The molecule has 0 amide bonds. The molecular formula is C19H16ClF2N3. The van der Waals surface area contributed by atoms with Crippen molar-refractivity contribution in [2.45, 2.75) is 32.2 Å². The SMILES string of the molecule is Cc1cccc2c1ncn2C1=NC(C)(C)C(F)(F)c2c(Cl)cccc21. The van der Waals surface area contributed by atoms with Gasteiger partial charge in [0.25, 0.3) is 5.92 Å². The highest BCUT2D eigenvalue weighted by molar-refractivity contribution is 6.32. The Morgan fingerprint density at radius 2 is 1.80 bits per heavy atom. The lowest BCUT2D eigenvalue weighted by Gasteiger charge is -2.37. The van der Waals surface area contributed by atoms with Gasteiger partial charge < -0.3 is 0 Å². The molecule has 1 aliphatic heterocycles. The van der Waals surface area contributed by atoms with Gasteiger partial charge in [0.05, 0.1) is 21.6 Å². The van der Waals surface area contributed by atoms with Crippen LogP contribution in [0.2, 0.25) is 5.02 Å². The van der Waals surface area contributed by atoms with Gasteiger partial charge in [0.15, 0.2) is 0 Å². The second kappa shape index (κ2) is 5.11. The largest absolute Gasteiger partial charge is 0.299 e. The van der Waals surface area contributed by atoms with Gasteiger partial charge in [-0.1, -0.05) is 35.9 Å². The molecule has 6 heteroatoms. The number of rotatable bonds is 0. The third-order valence-electron chi connectivity index (χ3n) is 4.73. The Balaban J connectivity index is 2.07. The molecule has 0 N–H and O–H groups in total. The lowest BCUT2D eigenvalue weighted by molar-refractivity contribution is -0.0683. The van der Waals surface area contributed by atoms with E-state index in [-0.39, 0.29) is 10.6 Å². The van der Waals surface area contributed by atoms with Gasteiger partial charge in [-0.05, 0) is 38.5 Å². The molecular weight excluding hydrogens is 344 g/mol. The van der Waals surface area contributed by atoms with Crippen LogP contribution in [0.15, 0.2) is 47.7 Å². The molecule has 2 aromatic carbocycles. The monoisotopic (exact) mass is 359 g/mol. The predicted octanol–water partition coefficient (Wildman–Crippen LogP) is 5.18. The summed E-state index contributed by atoms with van der Waals surface area (Å²) in [7, 11) is 0. The van der Waals surface area contributed by atoms with E-state index in [0.29, 0.717) is 11.4 Å². The number of aryl methyl sites for hydroxylation is 1. The molecule has 3 aromatic rings. The Labute approximate surface area is 149 Å². The zero-order valence-electron chi connectivity index (χ0n) is 14.0. The Kier molecular flexibility index (Phi) is 3.32. The number of halogens is 3. The number of alkyl halides is 2. The summed E-state index contributed by atoms with van der Waals surface area (Å²) < 4.78 is 31.8. The smallest absolute Gasteiger partial charge is 0.283 e. The molecule has 0 unspecified atom stereocenters. The van der Waals surface area contributed by atoms with Gasteiger partial charge in [-0.15, -0.1) is 0 Å². The molecule has 0 fully saturated rings. The lowest BCUT2D eigenvalue weighted by atomic mass is 9.84. The Hall–Kier alpha value is -2.27. The second-order valence-electron chi connectivity index (χ2n) is 6.79. The standard InChI is InChI=1S/C19H16ClF2N3/c1-11-6-4-9-14-16(11)23-10-25(14)17-12-7-5-8-13(20)15(12)19(21,22)18(2,3)24-17/h4-10H,1-3H3. The van der Waals surface area contributed by atoms with Crippen molar-refractivity contribution in [3.8, 4) is 0 Å². The van der Waals surface area contributed by atoms with Crippen LogP contribution in [0.25, 0.3) is 11.0 Å². The number of hydrogen-bond donors (Lipinski definition) is 0. The number of aromatic nitrogens is 2. The average Bonchev–Trinajstić information content (AvgIpc) is 2.96. The van der Waals surface area contributed by atoms with Gasteiger partial charge in [-0.3, -0.25) is 9.56 Å². The molecule has 2 heterocycles. The first-order chi connectivity index (χ1) is 11.7. The van der Waals surface area contributed by atoms with E-state index in [1.807, 2.05) is 25.1 Å². The molecule has 0 spiro atoms. The fourth-order valence-electron chi connectivity index (χ4n) is 3.27. The molecule has 25 heavy (non-hydrogen) atoms. The van der Waals surface area contributed by atoms with E-state index in [2.05, 4.69) is 9.98 Å². The van der Waals surface area contributed by atoms with E-state index >= 15 is 8.78 Å². The molecule has 0 bridgehead atoms. The third-order valence-corrected chi connectivity index (χ3v) is 5.04. The number of nitrogens with zero attached hydrogens (tertiary/aromatic N) is 3. The average molecular weight is 360 g/mol. The molecule has 3 nitrogen and oxygen atoms in total. The van der Waals surface area contributed by atoms with Crippen LogP contribution in [0, 0.1) is 6.92 Å². The first-order valence-electron chi connectivity index (χ1n) is 7.94. The quantitative estimate of drug-likeness (QED) is 0.544. The highest BCUT2D eigenvalue weighted by Crippen LogP contribution is 2.48. The molecule has 0 radical (unpaired) electrons. The van der Waals surface area contributed by atoms with Gasteiger partial charge in [-0.25, -0.2) is 4.98 Å². The van der Waals surface area contributed by atoms with Crippen LogP contribution >= 0.6 is 11.6 Å². The van der Waals surface area contributed by atoms with Crippen LogP contribution in [-0.2, 0) is 5.92 Å². The van der Waals surface area contributed by atoms with Crippen LogP contribution in [0.4, 0.5) is 8.78 Å². The van der Waals surface area contributed by atoms with Crippen LogP contribution in [0.1, 0.15) is 30.5 Å². The van der Waals surface area contributed by atoms with Crippen molar-refractivity contribution in [2.75, 3.05) is 0 Å². The zero-order valence-corrected chi connectivity index (χ0v) is 14.8. The van der Waals surface area contributed by atoms with E-state index < -0.39 is 11.5 Å². The number of hydrogen-bond acceptors (Lipinski definition) is 2. The molecule has 4 rings (SSSR count). The van der Waals surface area contributed by atoms with Crippen molar-refractivity contribution in [1.82, 2.24) is 9.55 Å². The molecule has 0 saturated heterocycles. The fraction of sp³-hybridized carbons (Fsp3) is 0.263. The Morgan fingerprint density at radius 1 is 1.08 bits per heavy atom. The maximum atomic E-state index is 15.0. The van der Waals surface area contributed by atoms with Crippen LogP contribution < -0.4 is 0 Å². The van der Waals surface area contributed by atoms with Crippen LogP contribution in [0.3, 0.4) is 0 Å². The normalized spacial score (nSPS) is 18.1. The molecule has 0 atom stereocenters. The third kappa shape index (κ3) is 2.15. The lowest BCUT2D eigenvalue weighted by Crippen LogP contribution is -2.45. The molecule has 1 aliphatic rings. The minimum atomic E-state index is -3.17. The minimum Gasteiger partial charge on any atom is -0.283 e. The topological polar surface area (TPSA) is 30.2 Å². The summed E-state index contributed by atoms with van der Waals surface area (Å²) in [5.41, 5.74) is 1.19. The van der Waals surface area contributed by atoms with Gasteiger partial charge in [0.2, 0.25) is 0 Å². The number of aliphatic imine (C=N–C) groups is 1. The van der Waals surface area contributed by atoms with E-state index in [1.54, 1.807) is 23.0 Å². The highest BCUT2D eigenvalue weighted by atomic mass is 35.5. The molecule has 0 saturated carbocycles. The summed E-state index contributed by atoms with van der Waals surface area (Å²) in [6.07, 6.45) is 1.63. The first kappa shape index (κ1) is 16.2. The van der Waals surface area contributed by atoms with Crippen molar-refractivity contribution >= 4 is 28.5 Å². The van der Waals surface area contributed by atoms with Gasteiger partial charge in [0.1, 0.15) is 17.7 Å². The van der Waals surface area contributed by atoms with E-state index in [0.717, 1.165) is 16.6 Å². The fourth-order valence-corrected chi connectivity index (χ4v) is 3.56. The van der Waals surface area contributed by atoms with Crippen molar-refractivity contribution in [3.05, 3.63) is 64.4 Å². The van der Waals surface area contributed by atoms with E-state index in [1.165, 1.54) is 19.9 Å². The molecule has 1 aromatic heterocycles. The number of para-hydroxylation sites is 1. The zero-order chi connectivity index (χ0) is 18.0. The van der Waals surface area contributed by atoms with Gasteiger partial charge in [-0.2, -0.15) is 8.78 Å². The molecule has 128 valence electrons. The minimum absolute atomic E-state index is 0.0450. The van der Waals surface area contributed by atoms with Gasteiger partial charge >= 0.3 is 0 Å².